The van der Waals surface area contributed by atoms with E-state index in [1.807, 2.05) is 24.3 Å². The summed E-state index contributed by atoms with van der Waals surface area (Å²) in [6.07, 6.45) is 7.38. The van der Waals surface area contributed by atoms with Crippen molar-refractivity contribution in [2.45, 2.75) is 18.4 Å². The third kappa shape index (κ3) is 3.33. The van der Waals surface area contributed by atoms with Crippen molar-refractivity contribution in [1.29, 1.82) is 0 Å². The summed E-state index contributed by atoms with van der Waals surface area (Å²) in [5, 5.41) is 6.36. The standard InChI is InChI=1S/C19H20N6O2/c20-18-21-11-13(12-22-18)5-6-16(26)25-9-7-19(8-10-25)17(27)23-14-3-1-2-4-15(14)24-19/h1-6,11-12,24H,7-10H2,(H,23,27)(H2,20,21,22)/b6-5+. The molecule has 1 aromatic heterocycles. The number of likely N-dealkylation sites (tertiary alicyclic amines) is 1. The van der Waals surface area contributed by atoms with E-state index in [9.17, 15) is 9.59 Å². The lowest BCUT2D eigenvalue weighted by molar-refractivity contribution is -0.130. The molecule has 1 saturated heterocycles. The van der Waals surface area contributed by atoms with Gasteiger partial charge in [-0.25, -0.2) is 9.97 Å². The summed E-state index contributed by atoms with van der Waals surface area (Å²) in [6, 6.07) is 7.64. The van der Waals surface area contributed by atoms with Crippen molar-refractivity contribution in [3.05, 3.63) is 48.3 Å². The van der Waals surface area contributed by atoms with Gasteiger partial charge in [0, 0.05) is 37.1 Å². The molecule has 2 aliphatic rings. The number of nitrogens with zero attached hydrogens (tertiary/aromatic N) is 3. The SMILES string of the molecule is Nc1ncc(/C=C/C(=O)N2CCC3(CC2)Nc2ccccc2NC3=O)cn1. The number of nitrogens with one attached hydrogen (secondary N) is 2. The molecule has 0 bridgehead atoms. The van der Waals surface area contributed by atoms with Gasteiger partial charge in [-0.2, -0.15) is 0 Å². The van der Waals surface area contributed by atoms with Gasteiger partial charge in [0.15, 0.2) is 0 Å². The van der Waals surface area contributed by atoms with E-state index >= 15 is 0 Å². The summed E-state index contributed by atoms with van der Waals surface area (Å²) in [5.41, 5.74) is 7.19. The zero-order valence-electron chi connectivity index (χ0n) is 14.7. The molecule has 138 valence electrons. The van der Waals surface area contributed by atoms with Crippen LogP contribution in [0.3, 0.4) is 0 Å². The lowest BCUT2D eigenvalue weighted by atomic mass is 9.84. The van der Waals surface area contributed by atoms with Gasteiger partial charge in [-0.05, 0) is 31.1 Å². The number of para-hydroxylation sites is 2. The minimum Gasteiger partial charge on any atom is -0.369 e. The number of benzene rings is 1. The molecule has 0 saturated carbocycles. The zero-order chi connectivity index (χ0) is 18.9. The topological polar surface area (TPSA) is 113 Å². The highest BCUT2D eigenvalue weighted by atomic mass is 16.2. The summed E-state index contributed by atoms with van der Waals surface area (Å²) < 4.78 is 0. The molecule has 27 heavy (non-hydrogen) atoms. The molecule has 0 aliphatic carbocycles. The molecule has 1 spiro atoms. The minimum atomic E-state index is -0.667. The molecule has 2 aromatic rings. The molecule has 8 nitrogen and oxygen atoms in total. The third-order valence-corrected chi connectivity index (χ3v) is 5.02. The number of aromatic nitrogens is 2. The van der Waals surface area contributed by atoms with Crippen molar-refractivity contribution in [3.63, 3.8) is 0 Å². The second kappa shape index (κ2) is 6.71. The van der Waals surface area contributed by atoms with Crippen LogP contribution in [0.5, 0.6) is 0 Å². The number of hydrogen-bond donors (Lipinski definition) is 3. The number of anilines is 3. The molecule has 0 atom stereocenters. The highest BCUT2D eigenvalue weighted by Gasteiger charge is 2.44. The Kier molecular flexibility index (Phi) is 4.23. The molecule has 2 amide bonds. The number of carbonyl (C=O) groups excluding carboxylic acids is 2. The molecule has 0 unspecified atom stereocenters. The molecule has 4 N–H and O–H groups in total. The van der Waals surface area contributed by atoms with Gasteiger partial charge in [0.1, 0.15) is 5.54 Å². The van der Waals surface area contributed by atoms with Gasteiger partial charge in [0.05, 0.1) is 11.4 Å². The first-order chi connectivity index (χ1) is 13.1. The number of nitrogens with two attached hydrogens (primary N) is 1. The lowest BCUT2D eigenvalue weighted by Crippen LogP contribution is -2.58. The molecular weight excluding hydrogens is 344 g/mol. The van der Waals surface area contributed by atoms with E-state index in [1.165, 1.54) is 6.08 Å². The van der Waals surface area contributed by atoms with Crippen LogP contribution in [0.25, 0.3) is 6.08 Å². The number of fused-ring (bicyclic) bond motifs is 1. The third-order valence-electron chi connectivity index (χ3n) is 5.02. The van der Waals surface area contributed by atoms with Crippen LogP contribution in [0, 0.1) is 0 Å². The predicted octanol–water partition coefficient (Wildman–Crippen LogP) is 1.50. The average molecular weight is 364 g/mol. The molecule has 4 rings (SSSR count). The second-order valence-corrected chi connectivity index (χ2v) is 6.74. The van der Waals surface area contributed by atoms with Crippen LogP contribution in [0.15, 0.2) is 42.7 Å². The lowest BCUT2D eigenvalue weighted by Gasteiger charge is -2.44. The van der Waals surface area contributed by atoms with E-state index in [2.05, 4.69) is 20.6 Å². The number of carbonyl (C=O) groups is 2. The highest BCUT2D eigenvalue weighted by molar-refractivity contribution is 6.06. The number of rotatable bonds is 2. The number of nitrogen functional groups attached to an aromatic ring is 1. The predicted molar refractivity (Wildman–Crippen MR) is 103 cm³/mol. The fraction of sp³-hybridized carbons (Fsp3) is 0.263. The molecule has 3 heterocycles. The maximum atomic E-state index is 12.6. The fourth-order valence-corrected chi connectivity index (χ4v) is 3.43. The largest absolute Gasteiger partial charge is 0.369 e. The quantitative estimate of drug-likeness (QED) is 0.696. The Hall–Kier alpha value is -3.42. The van der Waals surface area contributed by atoms with Crippen LogP contribution in [0.2, 0.25) is 0 Å². The first-order valence-corrected chi connectivity index (χ1v) is 8.79. The van der Waals surface area contributed by atoms with Gasteiger partial charge < -0.3 is 21.3 Å². The molecule has 1 fully saturated rings. The molecule has 8 heteroatoms. The van der Waals surface area contributed by atoms with E-state index in [-0.39, 0.29) is 17.8 Å². The zero-order valence-corrected chi connectivity index (χ0v) is 14.7. The Balaban J connectivity index is 1.40. The first kappa shape index (κ1) is 17.0. The molecular formula is C19H20N6O2. The molecule has 2 aliphatic heterocycles. The van der Waals surface area contributed by atoms with Gasteiger partial charge in [-0.1, -0.05) is 12.1 Å². The number of amides is 2. The van der Waals surface area contributed by atoms with E-state index in [1.54, 1.807) is 23.4 Å². The van der Waals surface area contributed by atoms with E-state index in [0.29, 0.717) is 31.5 Å². The monoisotopic (exact) mass is 364 g/mol. The van der Waals surface area contributed by atoms with Crippen molar-refractivity contribution in [1.82, 2.24) is 14.9 Å². The van der Waals surface area contributed by atoms with Crippen LogP contribution in [-0.4, -0.2) is 45.3 Å². The Morgan fingerprint density at radius 1 is 1.15 bits per heavy atom. The highest BCUT2D eigenvalue weighted by Crippen LogP contribution is 2.36. The van der Waals surface area contributed by atoms with Crippen LogP contribution >= 0.6 is 0 Å². The first-order valence-electron chi connectivity index (χ1n) is 8.79. The fourth-order valence-electron chi connectivity index (χ4n) is 3.43. The van der Waals surface area contributed by atoms with Gasteiger partial charge in [0.2, 0.25) is 17.8 Å². The van der Waals surface area contributed by atoms with Crippen molar-refractivity contribution in [3.8, 4) is 0 Å². The Bertz CT molecular complexity index is 901. The summed E-state index contributed by atoms with van der Waals surface area (Å²) in [4.78, 5) is 34.6. The van der Waals surface area contributed by atoms with Crippen LogP contribution in [0.1, 0.15) is 18.4 Å². The molecule has 1 aromatic carbocycles. The van der Waals surface area contributed by atoms with Crippen molar-refractivity contribution in [2.24, 2.45) is 0 Å². The number of hydrogen-bond acceptors (Lipinski definition) is 6. The van der Waals surface area contributed by atoms with Crippen LogP contribution < -0.4 is 16.4 Å². The summed E-state index contributed by atoms with van der Waals surface area (Å²) in [7, 11) is 0. The van der Waals surface area contributed by atoms with E-state index in [0.717, 1.165) is 11.4 Å². The maximum Gasteiger partial charge on any atom is 0.250 e. The summed E-state index contributed by atoms with van der Waals surface area (Å²) >= 11 is 0. The minimum absolute atomic E-state index is 0.0390. The van der Waals surface area contributed by atoms with Crippen molar-refractivity contribution >= 4 is 35.2 Å². The van der Waals surface area contributed by atoms with Gasteiger partial charge >= 0.3 is 0 Å². The van der Waals surface area contributed by atoms with E-state index in [4.69, 9.17) is 5.73 Å². The summed E-state index contributed by atoms with van der Waals surface area (Å²) in [6.45, 7) is 1.01. The second-order valence-electron chi connectivity index (χ2n) is 6.74. The van der Waals surface area contributed by atoms with E-state index < -0.39 is 5.54 Å². The van der Waals surface area contributed by atoms with Gasteiger partial charge in [-0.15, -0.1) is 0 Å². The number of piperidine rings is 1. The maximum absolute atomic E-state index is 12.6. The van der Waals surface area contributed by atoms with Crippen LogP contribution in [-0.2, 0) is 9.59 Å². The average Bonchev–Trinajstić information content (AvgIpc) is 2.69. The van der Waals surface area contributed by atoms with Crippen molar-refractivity contribution in [2.75, 3.05) is 29.5 Å². The van der Waals surface area contributed by atoms with Crippen LogP contribution in [0.4, 0.5) is 17.3 Å². The van der Waals surface area contributed by atoms with Crippen molar-refractivity contribution < 1.29 is 9.59 Å². The smallest absolute Gasteiger partial charge is 0.250 e. The Morgan fingerprint density at radius 3 is 2.52 bits per heavy atom. The Labute approximate surface area is 156 Å². The summed E-state index contributed by atoms with van der Waals surface area (Å²) in [5.74, 6) is 0.0563. The Morgan fingerprint density at radius 2 is 1.81 bits per heavy atom. The van der Waals surface area contributed by atoms with Gasteiger partial charge in [-0.3, -0.25) is 9.59 Å². The molecule has 0 radical (unpaired) electrons. The normalized spacial score (nSPS) is 18.1. The van der Waals surface area contributed by atoms with Gasteiger partial charge in [0.25, 0.3) is 0 Å².